The van der Waals surface area contributed by atoms with Gasteiger partial charge in [-0.1, -0.05) is 6.07 Å². The van der Waals surface area contributed by atoms with E-state index in [1.807, 2.05) is 39.0 Å². The first-order valence-corrected chi connectivity index (χ1v) is 6.23. The number of rotatable bonds is 7. The minimum Gasteiger partial charge on any atom is -0.490 e. The van der Waals surface area contributed by atoms with Gasteiger partial charge in [-0.15, -0.1) is 0 Å². The van der Waals surface area contributed by atoms with Gasteiger partial charge < -0.3 is 19.9 Å². The average molecular weight is 253 g/mol. The van der Waals surface area contributed by atoms with Gasteiger partial charge in [0.2, 0.25) is 0 Å². The van der Waals surface area contributed by atoms with Crippen molar-refractivity contribution in [2.45, 2.75) is 26.3 Å². The fraction of sp³-hybridized carbons (Fsp3) is 0.571. The Bertz CT molecular complexity index is 377. The zero-order valence-electron chi connectivity index (χ0n) is 11.7. The molecular formula is C14H23NO3. The SMILES string of the molecule is CCOc1ccc(C(C)(N)COC)cc1OCC. The number of nitrogens with two attached hydrogens (primary N) is 1. The van der Waals surface area contributed by atoms with Crippen LogP contribution in [0.1, 0.15) is 26.3 Å². The van der Waals surface area contributed by atoms with Crippen molar-refractivity contribution in [3.63, 3.8) is 0 Å². The molecule has 0 aliphatic carbocycles. The third-order valence-corrected chi connectivity index (χ3v) is 2.65. The number of ether oxygens (including phenoxy) is 3. The number of hydrogen-bond donors (Lipinski definition) is 1. The lowest BCUT2D eigenvalue weighted by atomic mass is 9.94. The molecule has 0 heterocycles. The average Bonchev–Trinajstić information content (AvgIpc) is 2.31. The van der Waals surface area contributed by atoms with Crippen molar-refractivity contribution < 1.29 is 14.2 Å². The summed E-state index contributed by atoms with van der Waals surface area (Å²) in [6.07, 6.45) is 0. The van der Waals surface area contributed by atoms with Gasteiger partial charge in [-0.05, 0) is 38.5 Å². The van der Waals surface area contributed by atoms with E-state index in [1.165, 1.54) is 0 Å². The Morgan fingerprint density at radius 3 is 2.28 bits per heavy atom. The summed E-state index contributed by atoms with van der Waals surface area (Å²) in [6.45, 7) is 7.47. The van der Waals surface area contributed by atoms with Crippen molar-refractivity contribution in [2.75, 3.05) is 26.9 Å². The highest BCUT2D eigenvalue weighted by Gasteiger charge is 2.22. The topological polar surface area (TPSA) is 53.7 Å². The molecular weight excluding hydrogens is 230 g/mol. The minimum atomic E-state index is -0.536. The van der Waals surface area contributed by atoms with Gasteiger partial charge in [-0.2, -0.15) is 0 Å². The Hall–Kier alpha value is -1.26. The lowest BCUT2D eigenvalue weighted by Crippen LogP contribution is -2.37. The third kappa shape index (κ3) is 3.62. The van der Waals surface area contributed by atoms with Gasteiger partial charge in [-0.25, -0.2) is 0 Å². The Labute approximate surface area is 109 Å². The predicted octanol–water partition coefficient (Wildman–Crippen LogP) is 2.30. The van der Waals surface area contributed by atoms with Gasteiger partial charge in [0, 0.05) is 7.11 Å². The highest BCUT2D eigenvalue weighted by molar-refractivity contribution is 5.45. The Morgan fingerprint density at radius 1 is 1.11 bits per heavy atom. The van der Waals surface area contributed by atoms with E-state index in [9.17, 15) is 0 Å². The molecule has 0 saturated heterocycles. The van der Waals surface area contributed by atoms with Gasteiger partial charge in [-0.3, -0.25) is 0 Å². The van der Waals surface area contributed by atoms with E-state index in [2.05, 4.69) is 0 Å². The maximum Gasteiger partial charge on any atom is 0.161 e. The zero-order valence-corrected chi connectivity index (χ0v) is 11.7. The van der Waals surface area contributed by atoms with Crippen LogP contribution in [0.25, 0.3) is 0 Å². The fourth-order valence-electron chi connectivity index (χ4n) is 1.79. The van der Waals surface area contributed by atoms with Crippen molar-refractivity contribution in [3.8, 4) is 11.5 Å². The van der Waals surface area contributed by atoms with Gasteiger partial charge in [0.05, 0.1) is 25.4 Å². The monoisotopic (exact) mass is 253 g/mol. The van der Waals surface area contributed by atoms with Crippen LogP contribution >= 0.6 is 0 Å². The molecule has 1 atom stereocenters. The normalized spacial score (nSPS) is 14.1. The maximum atomic E-state index is 6.22. The first-order chi connectivity index (χ1) is 8.55. The summed E-state index contributed by atoms with van der Waals surface area (Å²) >= 11 is 0. The molecule has 0 fully saturated rings. The van der Waals surface area contributed by atoms with Crippen LogP contribution in [0.3, 0.4) is 0 Å². The van der Waals surface area contributed by atoms with Gasteiger partial charge in [0.1, 0.15) is 0 Å². The molecule has 0 aliphatic rings. The van der Waals surface area contributed by atoms with Crippen molar-refractivity contribution in [1.82, 2.24) is 0 Å². The Morgan fingerprint density at radius 2 is 1.72 bits per heavy atom. The van der Waals surface area contributed by atoms with Gasteiger partial charge >= 0.3 is 0 Å². The van der Waals surface area contributed by atoms with Crippen LogP contribution in [0, 0.1) is 0 Å². The highest BCUT2D eigenvalue weighted by Crippen LogP contribution is 2.32. The summed E-state index contributed by atoms with van der Waals surface area (Å²) in [5, 5.41) is 0. The van der Waals surface area contributed by atoms with E-state index in [0.717, 1.165) is 17.1 Å². The predicted molar refractivity (Wildman–Crippen MR) is 72.2 cm³/mol. The number of hydrogen-bond acceptors (Lipinski definition) is 4. The van der Waals surface area contributed by atoms with Crippen molar-refractivity contribution in [2.24, 2.45) is 5.73 Å². The Balaban J connectivity index is 3.05. The van der Waals surface area contributed by atoms with E-state index >= 15 is 0 Å². The van der Waals surface area contributed by atoms with Crippen molar-refractivity contribution >= 4 is 0 Å². The standard InChI is InChI=1S/C14H23NO3/c1-5-17-12-8-7-11(9-13(12)18-6-2)14(3,15)10-16-4/h7-9H,5-6,10,15H2,1-4H3. The molecule has 0 amide bonds. The van der Waals surface area contributed by atoms with Crippen LogP contribution in [0.15, 0.2) is 18.2 Å². The zero-order chi connectivity index (χ0) is 13.6. The molecule has 102 valence electrons. The molecule has 0 aromatic heterocycles. The van der Waals surface area contributed by atoms with E-state index in [-0.39, 0.29) is 0 Å². The second-order valence-electron chi connectivity index (χ2n) is 4.38. The van der Waals surface area contributed by atoms with E-state index in [0.29, 0.717) is 19.8 Å². The summed E-state index contributed by atoms with van der Waals surface area (Å²) < 4.78 is 16.2. The van der Waals surface area contributed by atoms with Crippen LogP contribution in [-0.4, -0.2) is 26.9 Å². The van der Waals surface area contributed by atoms with E-state index in [1.54, 1.807) is 7.11 Å². The summed E-state index contributed by atoms with van der Waals surface area (Å²) in [4.78, 5) is 0. The second kappa shape index (κ2) is 6.61. The maximum absolute atomic E-state index is 6.22. The molecule has 4 heteroatoms. The summed E-state index contributed by atoms with van der Waals surface area (Å²) in [6, 6.07) is 5.77. The molecule has 0 bridgehead atoms. The highest BCUT2D eigenvalue weighted by atomic mass is 16.5. The van der Waals surface area contributed by atoms with Gasteiger partial charge in [0.15, 0.2) is 11.5 Å². The molecule has 1 rings (SSSR count). The quantitative estimate of drug-likeness (QED) is 0.810. The van der Waals surface area contributed by atoms with E-state index in [4.69, 9.17) is 19.9 Å². The fourth-order valence-corrected chi connectivity index (χ4v) is 1.79. The lowest BCUT2D eigenvalue weighted by Gasteiger charge is -2.25. The summed E-state index contributed by atoms with van der Waals surface area (Å²) in [5.41, 5.74) is 6.65. The molecule has 2 N–H and O–H groups in total. The van der Waals surface area contributed by atoms with Crippen LogP contribution in [0.4, 0.5) is 0 Å². The molecule has 0 radical (unpaired) electrons. The van der Waals surface area contributed by atoms with Crippen LogP contribution in [-0.2, 0) is 10.3 Å². The molecule has 18 heavy (non-hydrogen) atoms. The minimum absolute atomic E-state index is 0.451. The first kappa shape index (κ1) is 14.8. The van der Waals surface area contributed by atoms with Crippen LogP contribution < -0.4 is 15.2 Å². The van der Waals surface area contributed by atoms with E-state index < -0.39 is 5.54 Å². The largest absolute Gasteiger partial charge is 0.490 e. The second-order valence-corrected chi connectivity index (χ2v) is 4.38. The molecule has 0 saturated carbocycles. The number of benzene rings is 1. The summed E-state index contributed by atoms with van der Waals surface area (Å²) in [5.74, 6) is 1.47. The molecule has 0 aliphatic heterocycles. The van der Waals surface area contributed by atoms with Crippen LogP contribution in [0.2, 0.25) is 0 Å². The Kier molecular flexibility index (Phi) is 5.44. The molecule has 0 spiro atoms. The molecule has 1 unspecified atom stereocenters. The molecule has 4 nitrogen and oxygen atoms in total. The number of methoxy groups -OCH3 is 1. The lowest BCUT2D eigenvalue weighted by molar-refractivity contribution is 0.140. The smallest absolute Gasteiger partial charge is 0.161 e. The summed E-state index contributed by atoms with van der Waals surface area (Å²) in [7, 11) is 1.64. The first-order valence-electron chi connectivity index (χ1n) is 6.23. The molecule has 1 aromatic rings. The van der Waals surface area contributed by atoms with Crippen LogP contribution in [0.5, 0.6) is 11.5 Å². The molecule has 1 aromatic carbocycles. The third-order valence-electron chi connectivity index (χ3n) is 2.65. The van der Waals surface area contributed by atoms with Crippen molar-refractivity contribution in [3.05, 3.63) is 23.8 Å². The van der Waals surface area contributed by atoms with Crippen molar-refractivity contribution in [1.29, 1.82) is 0 Å². The van der Waals surface area contributed by atoms with Gasteiger partial charge in [0.25, 0.3) is 0 Å².